The van der Waals surface area contributed by atoms with E-state index in [1.807, 2.05) is 47.0 Å². The largest absolute Gasteiger partial charge is 0.472 e. The van der Waals surface area contributed by atoms with Gasteiger partial charge in [-0.3, -0.25) is 4.79 Å². The number of rotatable bonds is 9. The second-order valence-electron chi connectivity index (χ2n) is 8.51. The van der Waals surface area contributed by atoms with E-state index in [4.69, 9.17) is 9.15 Å². The molecule has 1 amide bonds. The average Bonchev–Trinajstić information content (AvgIpc) is 3.44. The average molecular weight is 461 g/mol. The fourth-order valence-corrected chi connectivity index (χ4v) is 3.86. The van der Waals surface area contributed by atoms with Crippen LogP contribution in [-0.4, -0.2) is 28.5 Å². The minimum absolute atomic E-state index is 0.185. The lowest BCUT2D eigenvalue weighted by Gasteiger charge is -2.12. The van der Waals surface area contributed by atoms with Gasteiger partial charge >= 0.3 is 5.97 Å². The number of hydrogen-bond acceptors (Lipinski definition) is 6. The zero-order chi connectivity index (χ0) is 24.1. The Kier molecular flexibility index (Phi) is 6.96. The van der Waals surface area contributed by atoms with E-state index in [0.717, 1.165) is 16.8 Å². The Labute approximate surface area is 197 Å². The zero-order valence-electron chi connectivity index (χ0n) is 19.5. The summed E-state index contributed by atoms with van der Waals surface area (Å²) in [6.07, 6.45) is 5.19. The summed E-state index contributed by atoms with van der Waals surface area (Å²) in [5.74, 6) is -0.508. The van der Waals surface area contributed by atoms with Gasteiger partial charge in [-0.1, -0.05) is 44.2 Å². The number of amides is 1. The monoisotopic (exact) mass is 460 g/mol. The summed E-state index contributed by atoms with van der Waals surface area (Å²) >= 11 is 0. The zero-order valence-corrected chi connectivity index (χ0v) is 19.5. The van der Waals surface area contributed by atoms with Gasteiger partial charge in [-0.2, -0.15) is 0 Å². The van der Waals surface area contributed by atoms with Crippen molar-refractivity contribution in [2.45, 2.75) is 33.4 Å². The van der Waals surface area contributed by atoms with Gasteiger partial charge in [-0.05, 0) is 23.6 Å². The number of carbonyl (C=O) groups excluding carboxylic acids is 2. The molecular formula is C26H28N4O4. The molecule has 1 aromatic carbocycles. The molecule has 0 aliphatic rings. The molecule has 4 aromatic rings. The predicted molar refractivity (Wildman–Crippen MR) is 131 cm³/mol. The summed E-state index contributed by atoms with van der Waals surface area (Å²) in [5, 5.41) is 6.94. The van der Waals surface area contributed by atoms with E-state index in [0.29, 0.717) is 29.8 Å². The molecule has 8 nitrogen and oxygen atoms in total. The molecule has 176 valence electrons. The Hall–Kier alpha value is -4.07. The third kappa shape index (κ3) is 5.11. The first-order chi connectivity index (χ1) is 16.5. The van der Waals surface area contributed by atoms with E-state index in [9.17, 15) is 9.59 Å². The summed E-state index contributed by atoms with van der Waals surface area (Å²) in [7, 11) is 1.33. The standard InChI is InChI=1S/C26H28N4O4/c1-17(2)15-30-24(26(32)33-3)23(29-22(31)11-18-7-5-4-6-8-18)21-12-20(14-28-25(21)30)27-13-19-9-10-34-16-19/h4-10,12,14,16-17,27H,11,13,15H2,1-3H3,(H,29,31). The maximum atomic E-state index is 13.0. The molecule has 0 fully saturated rings. The first-order valence-electron chi connectivity index (χ1n) is 11.2. The highest BCUT2D eigenvalue weighted by atomic mass is 16.5. The van der Waals surface area contributed by atoms with E-state index in [2.05, 4.69) is 29.5 Å². The minimum atomic E-state index is -0.526. The number of nitrogens with one attached hydrogen (secondary N) is 2. The van der Waals surface area contributed by atoms with Gasteiger partial charge in [0.15, 0.2) is 5.69 Å². The van der Waals surface area contributed by atoms with Crippen molar-refractivity contribution in [3.8, 4) is 0 Å². The number of esters is 1. The highest BCUT2D eigenvalue weighted by Crippen LogP contribution is 2.33. The van der Waals surface area contributed by atoms with Gasteiger partial charge < -0.3 is 24.4 Å². The third-order valence-corrected chi connectivity index (χ3v) is 5.37. The molecule has 3 aromatic heterocycles. The molecular weight excluding hydrogens is 432 g/mol. The number of benzene rings is 1. The number of pyridine rings is 1. The number of methoxy groups -OCH3 is 1. The molecule has 0 atom stereocenters. The summed E-state index contributed by atoms with van der Waals surface area (Å²) in [4.78, 5) is 30.5. The Morgan fingerprint density at radius 3 is 2.62 bits per heavy atom. The molecule has 0 unspecified atom stereocenters. The maximum absolute atomic E-state index is 13.0. The fraction of sp³-hybridized carbons (Fsp3) is 0.269. The van der Waals surface area contributed by atoms with Crippen LogP contribution in [0.3, 0.4) is 0 Å². The second-order valence-corrected chi connectivity index (χ2v) is 8.51. The van der Waals surface area contributed by atoms with Crippen LogP contribution in [0.2, 0.25) is 0 Å². The Balaban J connectivity index is 1.75. The molecule has 0 bridgehead atoms. The molecule has 4 rings (SSSR count). The molecule has 0 aliphatic carbocycles. The van der Waals surface area contributed by atoms with Gasteiger partial charge in [0.25, 0.3) is 0 Å². The topological polar surface area (TPSA) is 98.4 Å². The lowest BCUT2D eigenvalue weighted by atomic mass is 10.1. The normalized spacial score (nSPS) is 11.1. The summed E-state index contributed by atoms with van der Waals surface area (Å²) < 4.78 is 12.0. The van der Waals surface area contributed by atoms with Crippen molar-refractivity contribution in [2.75, 3.05) is 17.7 Å². The van der Waals surface area contributed by atoms with Crippen molar-refractivity contribution in [3.05, 3.63) is 78.0 Å². The smallest absolute Gasteiger partial charge is 0.356 e. The fourth-order valence-electron chi connectivity index (χ4n) is 3.86. The van der Waals surface area contributed by atoms with Gasteiger partial charge in [-0.15, -0.1) is 0 Å². The third-order valence-electron chi connectivity index (χ3n) is 5.37. The van der Waals surface area contributed by atoms with Crippen LogP contribution in [0.4, 0.5) is 11.4 Å². The van der Waals surface area contributed by atoms with Gasteiger partial charge in [0, 0.05) is 24.0 Å². The lowest BCUT2D eigenvalue weighted by molar-refractivity contribution is -0.115. The summed E-state index contributed by atoms with van der Waals surface area (Å²) in [6.45, 7) is 5.21. The molecule has 0 saturated heterocycles. The lowest BCUT2D eigenvalue weighted by Crippen LogP contribution is -2.19. The van der Waals surface area contributed by atoms with Crippen molar-refractivity contribution < 1.29 is 18.7 Å². The van der Waals surface area contributed by atoms with Gasteiger partial charge in [-0.25, -0.2) is 9.78 Å². The predicted octanol–water partition coefficient (Wildman–Crippen LogP) is 4.87. The molecule has 2 N–H and O–H groups in total. The number of anilines is 2. The number of hydrogen-bond donors (Lipinski definition) is 2. The SMILES string of the molecule is COC(=O)c1c(NC(=O)Cc2ccccc2)c2cc(NCc3ccoc3)cnc2n1CC(C)C. The van der Waals surface area contributed by atoms with Crippen LogP contribution in [0, 0.1) is 5.92 Å². The highest BCUT2D eigenvalue weighted by Gasteiger charge is 2.26. The van der Waals surface area contributed by atoms with Crippen LogP contribution in [0.1, 0.15) is 35.5 Å². The number of nitrogens with zero attached hydrogens (tertiary/aromatic N) is 2. The molecule has 8 heteroatoms. The quantitative estimate of drug-likeness (QED) is 0.346. The second kappa shape index (κ2) is 10.2. The molecule has 3 heterocycles. The first-order valence-corrected chi connectivity index (χ1v) is 11.2. The van der Waals surface area contributed by atoms with Gasteiger partial charge in [0.2, 0.25) is 5.91 Å². The number of carbonyl (C=O) groups is 2. The summed E-state index contributed by atoms with van der Waals surface area (Å²) in [6, 6.07) is 13.2. The summed E-state index contributed by atoms with van der Waals surface area (Å²) in [5.41, 5.74) is 3.92. The van der Waals surface area contributed by atoms with Crippen molar-refractivity contribution in [2.24, 2.45) is 5.92 Å². The molecule has 0 saturated carbocycles. The molecule has 34 heavy (non-hydrogen) atoms. The number of ether oxygens (including phenoxy) is 1. The molecule has 0 aliphatic heterocycles. The van der Waals surface area contributed by atoms with Crippen molar-refractivity contribution in [1.29, 1.82) is 0 Å². The molecule has 0 radical (unpaired) electrons. The Bertz CT molecular complexity index is 1280. The van der Waals surface area contributed by atoms with E-state index < -0.39 is 5.97 Å². The van der Waals surface area contributed by atoms with Gasteiger partial charge in [0.05, 0.1) is 43.6 Å². The van der Waals surface area contributed by atoms with Gasteiger partial charge in [0.1, 0.15) is 5.65 Å². The van der Waals surface area contributed by atoms with Crippen molar-refractivity contribution in [1.82, 2.24) is 9.55 Å². The Morgan fingerprint density at radius 2 is 1.94 bits per heavy atom. The highest BCUT2D eigenvalue weighted by molar-refractivity contribution is 6.11. The molecule has 0 spiro atoms. The number of fused-ring (bicyclic) bond motifs is 1. The number of furan rings is 1. The van der Waals surface area contributed by atoms with E-state index in [1.54, 1.807) is 18.7 Å². The minimum Gasteiger partial charge on any atom is -0.472 e. The van der Waals surface area contributed by atoms with Crippen LogP contribution in [0.25, 0.3) is 11.0 Å². The Morgan fingerprint density at radius 1 is 1.15 bits per heavy atom. The van der Waals surface area contributed by atoms with Crippen molar-refractivity contribution >= 4 is 34.3 Å². The van der Waals surface area contributed by atoms with E-state index in [1.165, 1.54) is 7.11 Å². The van der Waals surface area contributed by atoms with Crippen LogP contribution in [-0.2, 0) is 29.0 Å². The van der Waals surface area contributed by atoms with Crippen molar-refractivity contribution in [3.63, 3.8) is 0 Å². The van der Waals surface area contributed by atoms with Crippen LogP contribution in [0.15, 0.2) is 65.6 Å². The maximum Gasteiger partial charge on any atom is 0.356 e. The first kappa shape index (κ1) is 23.1. The van der Waals surface area contributed by atoms with Crippen LogP contribution in [0.5, 0.6) is 0 Å². The number of aromatic nitrogens is 2. The van der Waals surface area contributed by atoms with E-state index in [-0.39, 0.29) is 23.9 Å². The van der Waals surface area contributed by atoms with Crippen LogP contribution < -0.4 is 10.6 Å². The van der Waals surface area contributed by atoms with Crippen LogP contribution >= 0.6 is 0 Å². The van der Waals surface area contributed by atoms with E-state index >= 15 is 0 Å².